The third kappa shape index (κ3) is 3.38. The van der Waals surface area contributed by atoms with Gasteiger partial charge in [0.15, 0.2) is 5.82 Å². The van der Waals surface area contributed by atoms with Gasteiger partial charge in [-0.1, -0.05) is 12.1 Å². The maximum absolute atomic E-state index is 11.4. The number of aromatic nitrogens is 2. The molecule has 0 radical (unpaired) electrons. The smallest absolute Gasteiger partial charge is 0.226 e. The molecule has 1 aromatic heterocycles. The van der Waals surface area contributed by atoms with Gasteiger partial charge in [0.1, 0.15) is 5.78 Å². The number of likely N-dealkylation sites (tertiary alicyclic amines) is 1. The molecule has 1 aliphatic heterocycles. The predicted octanol–water partition coefficient (Wildman–Crippen LogP) is 1.82. The zero-order valence-electron chi connectivity index (χ0n) is 11.2. The average Bonchev–Trinajstić information content (AvgIpc) is 2.77. The summed E-state index contributed by atoms with van der Waals surface area (Å²) in [5, 5.41) is 3.99. The average molecular weight is 251 g/mol. The Kier molecular flexibility index (Phi) is 4.47. The zero-order valence-corrected chi connectivity index (χ0v) is 11.2. The number of rotatable bonds is 5. The molecule has 0 aromatic carbocycles. The van der Waals surface area contributed by atoms with Crippen LogP contribution < -0.4 is 0 Å². The minimum Gasteiger partial charge on any atom is -0.339 e. The highest BCUT2D eigenvalue weighted by molar-refractivity contribution is 5.78. The molecule has 1 aromatic rings. The number of hydrogen-bond acceptors (Lipinski definition) is 5. The van der Waals surface area contributed by atoms with Crippen LogP contribution in [0.15, 0.2) is 4.52 Å². The molecule has 1 aliphatic rings. The lowest BCUT2D eigenvalue weighted by Gasteiger charge is -2.30. The van der Waals surface area contributed by atoms with Crippen molar-refractivity contribution >= 4 is 5.78 Å². The van der Waals surface area contributed by atoms with Crippen molar-refractivity contribution in [1.82, 2.24) is 15.0 Å². The van der Waals surface area contributed by atoms with Crippen LogP contribution in [0.3, 0.4) is 0 Å². The minimum absolute atomic E-state index is 0.181. The minimum atomic E-state index is 0.181. The van der Waals surface area contributed by atoms with Crippen LogP contribution in [0.4, 0.5) is 0 Å². The zero-order chi connectivity index (χ0) is 13.0. The van der Waals surface area contributed by atoms with Gasteiger partial charge in [0.25, 0.3) is 0 Å². The number of carbonyl (C=O) groups excluding carboxylic acids is 1. The first kappa shape index (κ1) is 13.2. The lowest BCUT2D eigenvalue weighted by molar-refractivity contribution is -0.122. The summed E-state index contributed by atoms with van der Waals surface area (Å²) in [6, 6.07) is 0. The number of hydrogen-bond donors (Lipinski definition) is 0. The largest absolute Gasteiger partial charge is 0.339 e. The van der Waals surface area contributed by atoms with E-state index in [1.165, 1.54) is 0 Å². The van der Waals surface area contributed by atoms with Crippen molar-refractivity contribution < 1.29 is 9.32 Å². The Morgan fingerprint density at radius 2 is 2.39 bits per heavy atom. The number of piperidine rings is 1. The van der Waals surface area contributed by atoms with Crippen LogP contribution in [0.25, 0.3) is 0 Å². The van der Waals surface area contributed by atoms with Crippen LogP contribution in [0.2, 0.25) is 0 Å². The molecule has 0 saturated carbocycles. The molecule has 5 heteroatoms. The van der Waals surface area contributed by atoms with Crippen LogP contribution in [-0.4, -0.2) is 33.9 Å². The molecule has 18 heavy (non-hydrogen) atoms. The van der Waals surface area contributed by atoms with E-state index in [9.17, 15) is 4.79 Å². The summed E-state index contributed by atoms with van der Waals surface area (Å²) in [5.41, 5.74) is 0. The Bertz CT molecular complexity index is 403. The van der Waals surface area contributed by atoms with Crippen LogP contribution in [0.1, 0.15) is 44.8 Å². The van der Waals surface area contributed by atoms with Gasteiger partial charge in [-0.3, -0.25) is 9.69 Å². The van der Waals surface area contributed by atoms with E-state index in [0.717, 1.165) is 44.6 Å². The summed E-state index contributed by atoms with van der Waals surface area (Å²) < 4.78 is 5.17. The van der Waals surface area contributed by atoms with Crippen molar-refractivity contribution in [1.29, 1.82) is 0 Å². The van der Waals surface area contributed by atoms with Crippen molar-refractivity contribution in [2.45, 2.75) is 46.1 Å². The van der Waals surface area contributed by atoms with Crippen molar-refractivity contribution in [3.8, 4) is 0 Å². The van der Waals surface area contributed by atoms with Crippen molar-refractivity contribution in [2.75, 3.05) is 13.1 Å². The molecule has 0 aliphatic carbocycles. The maximum atomic E-state index is 11.4. The first-order valence-corrected chi connectivity index (χ1v) is 6.73. The Morgan fingerprint density at radius 1 is 1.56 bits per heavy atom. The van der Waals surface area contributed by atoms with E-state index in [-0.39, 0.29) is 5.92 Å². The third-order valence-corrected chi connectivity index (χ3v) is 3.42. The molecule has 1 fully saturated rings. The highest BCUT2D eigenvalue weighted by Crippen LogP contribution is 2.18. The van der Waals surface area contributed by atoms with Crippen molar-refractivity contribution in [2.24, 2.45) is 5.92 Å². The van der Waals surface area contributed by atoms with E-state index in [1.54, 1.807) is 6.92 Å². The molecule has 1 atom stereocenters. The fourth-order valence-corrected chi connectivity index (χ4v) is 2.40. The maximum Gasteiger partial charge on any atom is 0.226 e. The number of nitrogens with zero attached hydrogens (tertiary/aromatic N) is 3. The van der Waals surface area contributed by atoms with E-state index in [4.69, 9.17) is 4.52 Å². The van der Waals surface area contributed by atoms with E-state index in [1.807, 2.05) is 0 Å². The van der Waals surface area contributed by atoms with Gasteiger partial charge in [-0.25, -0.2) is 0 Å². The predicted molar refractivity (Wildman–Crippen MR) is 67.0 cm³/mol. The van der Waals surface area contributed by atoms with Crippen molar-refractivity contribution in [3.05, 3.63) is 11.7 Å². The highest BCUT2D eigenvalue weighted by atomic mass is 16.5. The van der Waals surface area contributed by atoms with E-state index < -0.39 is 0 Å². The number of aryl methyl sites for hydroxylation is 1. The lowest BCUT2D eigenvalue weighted by atomic mass is 9.95. The van der Waals surface area contributed by atoms with Crippen LogP contribution >= 0.6 is 0 Å². The summed E-state index contributed by atoms with van der Waals surface area (Å²) in [6.07, 6.45) is 3.93. The van der Waals surface area contributed by atoms with Gasteiger partial charge in [0.05, 0.1) is 6.54 Å². The van der Waals surface area contributed by atoms with Gasteiger partial charge in [-0.2, -0.15) is 4.98 Å². The van der Waals surface area contributed by atoms with Gasteiger partial charge in [0, 0.05) is 18.9 Å². The molecule has 0 N–H and O–H groups in total. The molecule has 100 valence electrons. The number of carbonyl (C=O) groups is 1. The van der Waals surface area contributed by atoms with Gasteiger partial charge in [0.2, 0.25) is 5.89 Å². The standard InChI is InChI=1S/C13H21N3O2/c1-3-5-13-14-12(15-18-13)9-16-7-4-6-11(8-16)10(2)17/h11H,3-9H2,1-2H3. The Labute approximate surface area is 108 Å². The second-order valence-corrected chi connectivity index (χ2v) is 5.04. The molecule has 0 spiro atoms. The number of Topliss-reactive ketones (excluding diaryl/α,β-unsaturated/α-hetero) is 1. The highest BCUT2D eigenvalue weighted by Gasteiger charge is 2.24. The molecular weight excluding hydrogens is 230 g/mol. The van der Waals surface area contributed by atoms with E-state index >= 15 is 0 Å². The molecule has 0 bridgehead atoms. The van der Waals surface area contributed by atoms with Gasteiger partial charge in [-0.15, -0.1) is 0 Å². The summed E-state index contributed by atoms with van der Waals surface area (Å²) in [5.74, 6) is 1.93. The molecule has 0 amide bonds. The second kappa shape index (κ2) is 6.09. The summed E-state index contributed by atoms with van der Waals surface area (Å²) in [6.45, 7) is 6.30. The van der Waals surface area contributed by atoms with Gasteiger partial charge >= 0.3 is 0 Å². The van der Waals surface area contributed by atoms with Gasteiger partial charge in [-0.05, 0) is 32.7 Å². The molecular formula is C13H21N3O2. The normalized spacial score (nSPS) is 21.1. The fraction of sp³-hybridized carbons (Fsp3) is 0.769. The number of ketones is 1. The molecule has 1 unspecified atom stereocenters. The monoisotopic (exact) mass is 251 g/mol. The lowest BCUT2D eigenvalue weighted by Crippen LogP contribution is -2.37. The molecule has 2 heterocycles. The van der Waals surface area contributed by atoms with Gasteiger partial charge < -0.3 is 4.52 Å². The van der Waals surface area contributed by atoms with Crippen LogP contribution in [0.5, 0.6) is 0 Å². The molecule has 5 nitrogen and oxygen atoms in total. The summed E-state index contributed by atoms with van der Waals surface area (Å²) in [4.78, 5) is 18.0. The topological polar surface area (TPSA) is 59.2 Å². The Balaban J connectivity index is 1.89. The van der Waals surface area contributed by atoms with Crippen LogP contribution in [0, 0.1) is 5.92 Å². The first-order chi connectivity index (χ1) is 8.69. The fourth-order valence-electron chi connectivity index (χ4n) is 2.40. The van der Waals surface area contributed by atoms with E-state index in [2.05, 4.69) is 22.0 Å². The quantitative estimate of drug-likeness (QED) is 0.799. The summed E-state index contributed by atoms with van der Waals surface area (Å²) in [7, 11) is 0. The first-order valence-electron chi connectivity index (χ1n) is 6.73. The Hall–Kier alpha value is -1.23. The van der Waals surface area contributed by atoms with Crippen molar-refractivity contribution in [3.63, 3.8) is 0 Å². The Morgan fingerprint density at radius 3 is 3.11 bits per heavy atom. The third-order valence-electron chi connectivity index (χ3n) is 3.42. The SMILES string of the molecule is CCCc1nc(CN2CCCC(C(C)=O)C2)no1. The molecule has 2 rings (SSSR count). The van der Waals surface area contributed by atoms with Crippen LogP contribution in [-0.2, 0) is 17.8 Å². The van der Waals surface area contributed by atoms with E-state index in [0.29, 0.717) is 18.2 Å². The second-order valence-electron chi connectivity index (χ2n) is 5.04. The molecule has 1 saturated heterocycles. The summed E-state index contributed by atoms with van der Waals surface area (Å²) >= 11 is 0.